The second kappa shape index (κ2) is 7.84. The Kier molecular flexibility index (Phi) is 5.63. The van der Waals surface area contributed by atoms with Crippen LogP contribution in [0.5, 0.6) is 0 Å². The van der Waals surface area contributed by atoms with Gasteiger partial charge in [-0.1, -0.05) is 30.3 Å². The molecule has 0 aliphatic carbocycles. The predicted octanol–water partition coefficient (Wildman–Crippen LogP) is 4.16. The number of sulfonamides is 1. The van der Waals surface area contributed by atoms with E-state index in [1.54, 1.807) is 18.2 Å². The molecule has 0 aliphatic heterocycles. The number of anilines is 1. The third kappa shape index (κ3) is 4.93. The molecule has 3 aromatic rings. The summed E-state index contributed by atoms with van der Waals surface area (Å²) in [5.41, 5.74) is -0.722. The molecule has 0 bridgehead atoms. The number of halogens is 3. The number of amides is 1. The predicted molar refractivity (Wildman–Crippen MR) is 104 cm³/mol. The number of fused-ring (bicyclic) bond motifs is 1. The first-order valence-electron chi connectivity index (χ1n) is 8.55. The van der Waals surface area contributed by atoms with Gasteiger partial charge in [-0.2, -0.15) is 17.9 Å². The summed E-state index contributed by atoms with van der Waals surface area (Å²) in [5, 5.41) is 4.00. The summed E-state index contributed by atoms with van der Waals surface area (Å²) in [6, 6.07) is 14.6. The van der Waals surface area contributed by atoms with E-state index < -0.39 is 33.7 Å². The Morgan fingerprint density at radius 3 is 2.17 bits per heavy atom. The van der Waals surface area contributed by atoms with E-state index in [2.05, 4.69) is 10.0 Å². The van der Waals surface area contributed by atoms with E-state index in [1.807, 2.05) is 12.1 Å². The molecule has 0 saturated heterocycles. The molecule has 0 unspecified atom stereocenters. The molecule has 1 atom stereocenters. The molecule has 2 N–H and O–H groups in total. The van der Waals surface area contributed by atoms with Crippen LogP contribution in [0.2, 0.25) is 0 Å². The minimum atomic E-state index is -4.48. The first kappa shape index (κ1) is 20.8. The normalized spacial score (nSPS) is 13.2. The summed E-state index contributed by atoms with van der Waals surface area (Å²) in [7, 11) is -3.97. The number of nitrogens with one attached hydrogen (secondary N) is 2. The van der Waals surface area contributed by atoms with Crippen LogP contribution in [0.3, 0.4) is 0 Å². The molecule has 9 heteroatoms. The molecule has 0 spiro atoms. The van der Waals surface area contributed by atoms with Gasteiger partial charge in [-0.25, -0.2) is 8.42 Å². The van der Waals surface area contributed by atoms with Crippen LogP contribution in [0.25, 0.3) is 10.8 Å². The van der Waals surface area contributed by atoms with Crippen molar-refractivity contribution in [3.63, 3.8) is 0 Å². The van der Waals surface area contributed by atoms with Crippen LogP contribution in [0.15, 0.2) is 71.6 Å². The highest BCUT2D eigenvalue weighted by molar-refractivity contribution is 7.89. The molecule has 0 radical (unpaired) electrons. The van der Waals surface area contributed by atoms with E-state index in [9.17, 15) is 26.4 Å². The lowest BCUT2D eigenvalue weighted by atomic mass is 10.1. The number of hydrogen-bond donors (Lipinski definition) is 2. The van der Waals surface area contributed by atoms with Gasteiger partial charge in [-0.15, -0.1) is 0 Å². The molecule has 3 aromatic carbocycles. The monoisotopic (exact) mass is 422 g/mol. The second-order valence-electron chi connectivity index (χ2n) is 6.42. The Morgan fingerprint density at radius 2 is 1.55 bits per heavy atom. The van der Waals surface area contributed by atoms with Crippen LogP contribution >= 0.6 is 0 Å². The second-order valence-corrected chi connectivity index (χ2v) is 8.13. The third-order valence-electron chi connectivity index (χ3n) is 4.24. The number of hydrogen-bond acceptors (Lipinski definition) is 3. The van der Waals surface area contributed by atoms with E-state index in [-0.39, 0.29) is 10.6 Å². The Labute approximate surface area is 165 Å². The van der Waals surface area contributed by atoms with E-state index in [0.717, 1.165) is 35.0 Å². The highest BCUT2D eigenvalue weighted by atomic mass is 32.2. The Balaban J connectivity index is 1.70. The van der Waals surface area contributed by atoms with Gasteiger partial charge in [0.05, 0.1) is 16.5 Å². The molecular formula is C20H17F3N2O3S. The molecule has 0 saturated carbocycles. The minimum absolute atomic E-state index is 0.00498. The highest BCUT2D eigenvalue weighted by Crippen LogP contribution is 2.29. The largest absolute Gasteiger partial charge is 0.416 e. The van der Waals surface area contributed by atoms with E-state index in [1.165, 1.54) is 19.1 Å². The van der Waals surface area contributed by atoms with Crippen molar-refractivity contribution in [1.82, 2.24) is 4.72 Å². The third-order valence-corrected chi connectivity index (χ3v) is 5.77. The van der Waals surface area contributed by atoms with Crippen LogP contribution in [0.1, 0.15) is 12.5 Å². The highest BCUT2D eigenvalue weighted by Gasteiger charge is 2.30. The summed E-state index contributed by atoms with van der Waals surface area (Å²) in [6.45, 7) is 1.35. The van der Waals surface area contributed by atoms with Gasteiger partial charge in [0, 0.05) is 5.69 Å². The summed E-state index contributed by atoms with van der Waals surface area (Å²) < 4.78 is 65.2. The number of benzene rings is 3. The summed E-state index contributed by atoms with van der Waals surface area (Å²) in [6.07, 6.45) is -4.48. The fraction of sp³-hybridized carbons (Fsp3) is 0.150. The molecule has 0 aliphatic rings. The van der Waals surface area contributed by atoms with Crippen LogP contribution in [-0.2, 0) is 21.0 Å². The zero-order chi connectivity index (χ0) is 21.2. The molecule has 152 valence electrons. The zero-order valence-electron chi connectivity index (χ0n) is 15.2. The van der Waals surface area contributed by atoms with E-state index >= 15 is 0 Å². The first-order chi connectivity index (χ1) is 13.6. The first-order valence-corrected chi connectivity index (χ1v) is 10.0. The maximum atomic E-state index is 12.6. The van der Waals surface area contributed by atoms with Gasteiger partial charge >= 0.3 is 6.18 Å². The van der Waals surface area contributed by atoms with Gasteiger partial charge in [0.2, 0.25) is 15.9 Å². The fourth-order valence-electron chi connectivity index (χ4n) is 2.68. The lowest BCUT2D eigenvalue weighted by Crippen LogP contribution is -2.41. The average molecular weight is 422 g/mol. The molecule has 0 aromatic heterocycles. The number of rotatable bonds is 5. The topological polar surface area (TPSA) is 75.3 Å². The Bertz CT molecular complexity index is 1140. The van der Waals surface area contributed by atoms with Crippen molar-refractivity contribution in [1.29, 1.82) is 0 Å². The molecule has 5 nitrogen and oxygen atoms in total. The van der Waals surface area contributed by atoms with Crippen LogP contribution in [0.4, 0.5) is 18.9 Å². The Morgan fingerprint density at radius 1 is 0.931 bits per heavy atom. The minimum Gasteiger partial charge on any atom is -0.325 e. The fourth-order valence-corrected chi connectivity index (χ4v) is 3.92. The molecular weight excluding hydrogens is 405 g/mol. The summed E-state index contributed by atoms with van der Waals surface area (Å²) >= 11 is 0. The summed E-state index contributed by atoms with van der Waals surface area (Å²) in [5.74, 6) is -0.700. The van der Waals surface area contributed by atoms with Crippen molar-refractivity contribution >= 4 is 32.4 Å². The van der Waals surface area contributed by atoms with Crippen molar-refractivity contribution < 1.29 is 26.4 Å². The van der Waals surface area contributed by atoms with Crippen LogP contribution in [0, 0.1) is 0 Å². The SMILES string of the molecule is C[C@@H](NS(=O)(=O)c1ccc2ccccc2c1)C(=O)Nc1ccc(C(F)(F)F)cc1. The van der Waals surface area contributed by atoms with Crippen molar-refractivity contribution in [2.45, 2.75) is 24.0 Å². The number of alkyl halides is 3. The van der Waals surface area contributed by atoms with Gasteiger partial charge in [-0.3, -0.25) is 4.79 Å². The average Bonchev–Trinajstić information content (AvgIpc) is 2.67. The van der Waals surface area contributed by atoms with Gasteiger partial charge < -0.3 is 5.32 Å². The number of carbonyl (C=O) groups is 1. The Hall–Kier alpha value is -2.91. The van der Waals surface area contributed by atoms with Crippen molar-refractivity contribution in [3.8, 4) is 0 Å². The lowest BCUT2D eigenvalue weighted by molar-refractivity contribution is -0.137. The maximum absolute atomic E-state index is 12.6. The standard InChI is InChI=1S/C20H17F3N2O3S/c1-13(19(26)24-17-9-7-16(8-10-17)20(21,22)23)25-29(27,28)18-11-6-14-4-2-3-5-15(14)12-18/h2-13,25H,1H3,(H,24,26)/t13-/m1/s1. The van der Waals surface area contributed by atoms with Gasteiger partial charge in [0.1, 0.15) is 0 Å². The molecule has 29 heavy (non-hydrogen) atoms. The lowest BCUT2D eigenvalue weighted by Gasteiger charge is -2.15. The van der Waals surface area contributed by atoms with Crippen LogP contribution < -0.4 is 10.0 Å². The maximum Gasteiger partial charge on any atom is 0.416 e. The summed E-state index contributed by atoms with van der Waals surface area (Å²) in [4.78, 5) is 12.3. The number of carbonyl (C=O) groups excluding carboxylic acids is 1. The van der Waals surface area contributed by atoms with Gasteiger partial charge in [-0.05, 0) is 54.1 Å². The molecule has 0 heterocycles. The zero-order valence-corrected chi connectivity index (χ0v) is 16.0. The van der Waals surface area contributed by atoms with E-state index in [0.29, 0.717) is 0 Å². The molecule has 1 amide bonds. The smallest absolute Gasteiger partial charge is 0.325 e. The van der Waals surface area contributed by atoms with Gasteiger partial charge in [0.25, 0.3) is 0 Å². The molecule has 0 fully saturated rings. The van der Waals surface area contributed by atoms with Crippen molar-refractivity contribution in [2.24, 2.45) is 0 Å². The molecule has 3 rings (SSSR count). The van der Waals surface area contributed by atoms with Crippen LogP contribution in [-0.4, -0.2) is 20.4 Å². The van der Waals surface area contributed by atoms with Crippen molar-refractivity contribution in [3.05, 3.63) is 72.3 Å². The quantitative estimate of drug-likeness (QED) is 0.648. The van der Waals surface area contributed by atoms with Gasteiger partial charge in [0.15, 0.2) is 0 Å². The van der Waals surface area contributed by atoms with E-state index in [4.69, 9.17) is 0 Å². The van der Waals surface area contributed by atoms with Crippen molar-refractivity contribution in [2.75, 3.05) is 5.32 Å².